The van der Waals surface area contributed by atoms with Crippen LogP contribution in [0.25, 0.3) is 31.4 Å². The van der Waals surface area contributed by atoms with Crippen LogP contribution in [0.4, 0.5) is 4.39 Å². The van der Waals surface area contributed by atoms with Crippen molar-refractivity contribution < 1.29 is 11.2 Å². The summed E-state index contributed by atoms with van der Waals surface area (Å²) in [6.07, 6.45) is 0.0178. The van der Waals surface area contributed by atoms with Crippen molar-refractivity contribution in [2.75, 3.05) is 0 Å². The number of benzene rings is 2. The minimum atomic E-state index is -2.35. The Morgan fingerprint density at radius 1 is 1.20 bits per heavy atom. The molecule has 0 saturated carbocycles. The summed E-state index contributed by atoms with van der Waals surface area (Å²) in [6, 6.07) is 11.3. The third-order valence-electron chi connectivity index (χ3n) is 4.09. The molecule has 0 fully saturated rings. The molecule has 0 unspecified atom stereocenters. The number of hydrogen-bond acceptors (Lipinski definition) is 2. The van der Waals surface area contributed by atoms with Gasteiger partial charge in [0.15, 0.2) is 0 Å². The minimum Gasteiger partial charge on any atom is -0.256 e. The Labute approximate surface area is 158 Å². The van der Waals surface area contributed by atoms with Crippen LogP contribution in [0.3, 0.4) is 0 Å². The lowest BCUT2D eigenvalue weighted by Crippen LogP contribution is -1.95. The van der Waals surface area contributed by atoms with Gasteiger partial charge in [-0.05, 0) is 48.5 Å². The maximum atomic E-state index is 14.5. The van der Waals surface area contributed by atoms with E-state index in [1.54, 1.807) is 42.6 Å². The SMILES string of the molecule is [2H]C([2H])([2H])c1ccc(-c2cc(C([2H])([2H])C(C)C)ccn2)c2sc3c(F)cccc3c12. The second kappa shape index (κ2) is 6.23. The zero-order chi connectivity index (χ0) is 21.8. The van der Waals surface area contributed by atoms with Crippen LogP contribution in [0.5, 0.6) is 0 Å². The molecule has 4 aromatic rings. The van der Waals surface area contributed by atoms with Gasteiger partial charge in [0.1, 0.15) is 5.82 Å². The van der Waals surface area contributed by atoms with Gasteiger partial charge in [0.05, 0.1) is 10.4 Å². The molecule has 2 heterocycles. The van der Waals surface area contributed by atoms with Crippen molar-refractivity contribution in [1.82, 2.24) is 4.98 Å². The predicted octanol–water partition coefficient (Wildman–Crippen LogP) is 6.76. The summed E-state index contributed by atoms with van der Waals surface area (Å²) in [4.78, 5) is 4.42. The predicted molar refractivity (Wildman–Crippen MR) is 106 cm³/mol. The lowest BCUT2D eigenvalue weighted by molar-refractivity contribution is 0.642. The highest BCUT2D eigenvalue weighted by molar-refractivity contribution is 7.26. The zero-order valence-electron chi connectivity index (χ0n) is 18.9. The second-order valence-corrected chi connectivity index (χ2v) is 7.33. The Morgan fingerprint density at radius 3 is 2.88 bits per heavy atom. The number of aromatic nitrogens is 1. The lowest BCUT2D eigenvalue weighted by atomic mass is 9.99. The number of rotatable bonds is 3. The first-order valence-electron chi connectivity index (χ1n) is 10.6. The van der Waals surface area contributed by atoms with Gasteiger partial charge in [0.2, 0.25) is 0 Å². The number of hydrogen-bond donors (Lipinski definition) is 0. The van der Waals surface area contributed by atoms with E-state index in [-0.39, 0.29) is 11.5 Å². The monoisotopic (exact) mass is 354 g/mol. The second-order valence-electron chi connectivity index (χ2n) is 6.31. The Bertz CT molecular complexity index is 1260. The number of thiophene rings is 1. The van der Waals surface area contributed by atoms with Gasteiger partial charge in [-0.25, -0.2) is 4.39 Å². The van der Waals surface area contributed by atoms with Gasteiger partial charge in [-0.1, -0.05) is 38.1 Å². The fraction of sp³-hybridized carbons (Fsp3) is 0.227. The van der Waals surface area contributed by atoms with Crippen molar-refractivity contribution >= 4 is 31.5 Å². The van der Waals surface area contributed by atoms with Crippen LogP contribution in [0, 0.1) is 18.6 Å². The summed E-state index contributed by atoms with van der Waals surface area (Å²) in [5.41, 5.74) is 1.88. The van der Waals surface area contributed by atoms with E-state index in [4.69, 9.17) is 6.85 Å². The highest BCUT2D eigenvalue weighted by atomic mass is 32.1. The Hall–Kier alpha value is -2.26. The van der Waals surface area contributed by atoms with Gasteiger partial charge >= 0.3 is 0 Å². The largest absolute Gasteiger partial charge is 0.256 e. The molecule has 0 amide bonds. The normalized spacial score (nSPS) is 15.8. The molecule has 0 aliphatic rings. The van der Waals surface area contributed by atoms with Crippen molar-refractivity contribution in [3.63, 3.8) is 0 Å². The fourth-order valence-corrected chi connectivity index (χ4v) is 4.32. The first-order chi connectivity index (χ1) is 14.0. The average Bonchev–Trinajstić information content (AvgIpc) is 3.07. The van der Waals surface area contributed by atoms with Crippen molar-refractivity contribution in [3.8, 4) is 11.3 Å². The molecule has 126 valence electrons. The molecule has 0 radical (unpaired) electrons. The molecule has 0 bridgehead atoms. The van der Waals surface area contributed by atoms with Crippen LogP contribution >= 0.6 is 11.3 Å². The van der Waals surface area contributed by atoms with E-state index in [0.29, 0.717) is 37.0 Å². The minimum absolute atomic E-state index is 0.173. The molecule has 2 aromatic heterocycles. The Balaban J connectivity index is 2.05. The molecular weight excluding hydrogens is 329 g/mol. The van der Waals surface area contributed by atoms with Crippen LogP contribution in [0.15, 0.2) is 48.7 Å². The molecule has 0 spiro atoms. The van der Waals surface area contributed by atoms with E-state index in [0.717, 1.165) is 0 Å². The molecule has 0 aliphatic carbocycles. The molecule has 1 nitrogen and oxygen atoms in total. The molecule has 0 atom stereocenters. The first kappa shape index (κ1) is 11.4. The quantitative estimate of drug-likeness (QED) is 0.396. The smallest absolute Gasteiger partial charge is 0.141 e. The van der Waals surface area contributed by atoms with E-state index in [1.165, 1.54) is 17.4 Å². The summed E-state index contributed by atoms with van der Waals surface area (Å²) in [6.45, 7) is 1.29. The van der Waals surface area contributed by atoms with E-state index < -0.39 is 19.0 Å². The number of pyridine rings is 1. The summed E-state index contributed by atoms with van der Waals surface area (Å²) in [5.74, 6) is -0.627. The molecule has 0 N–H and O–H groups in total. The van der Waals surface area contributed by atoms with Gasteiger partial charge < -0.3 is 0 Å². The van der Waals surface area contributed by atoms with Gasteiger partial charge in [-0.2, -0.15) is 0 Å². The van der Waals surface area contributed by atoms with Crippen molar-refractivity contribution in [1.29, 1.82) is 0 Å². The van der Waals surface area contributed by atoms with E-state index >= 15 is 0 Å². The van der Waals surface area contributed by atoms with Crippen molar-refractivity contribution in [2.24, 2.45) is 5.92 Å². The molecular formula is C22H20FNS. The topological polar surface area (TPSA) is 12.9 Å². The van der Waals surface area contributed by atoms with E-state index in [1.807, 2.05) is 13.8 Å². The number of aryl methyl sites for hydroxylation is 1. The van der Waals surface area contributed by atoms with Crippen LogP contribution in [0.1, 0.15) is 31.8 Å². The van der Waals surface area contributed by atoms with Gasteiger partial charge in [0, 0.05) is 34.1 Å². The standard InChI is InChI=1S/C22H20FNS/c1-13(2)11-15-9-10-24-19(12-15)16-8-7-14(3)20-17-5-4-6-18(23)21(17)25-22(16)20/h4-10,12-13H,11H2,1-3H3/i3D3,11D2. The van der Waals surface area contributed by atoms with Crippen LogP contribution in [-0.2, 0) is 6.37 Å². The number of fused-ring (bicyclic) bond motifs is 3. The summed E-state index contributed by atoms with van der Waals surface area (Å²) in [7, 11) is 0. The number of halogens is 1. The zero-order valence-corrected chi connectivity index (χ0v) is 14.7. The van der Waals surface area contributed by atoms with Crippen molar-refractivity contribution in [3.05, 3.63) is 65.6 Å². The molecule has 3 heteroatoms. The van der Waals surface area contributed by atoms with Crippen LogP contribution in [0.2, 0.25) is 0 Å². The summed E-state index contributed by atoms with van der Waals surface area (Å²) >= 11 is 1.20. The maximum Gasteiger partial charge on any atom is 0.141 e. The van der Waals surface area contributed by atoms with Gasteiger partial charge in [0.25, 0.3) is 0 Å². The van der Waals surface area contributed by atoms with E-state index in [9.17, 15) is 4.39 Å². The molecule has 4 rings (SSSR count). The van der Waals surface area contributed by atoms with Crippen molar-refractivity contribution in [2.45, 2.75) is 27.1 Å². The lowest BCUT2D eigenvalue weighted by Gasteiger charge is -2.09. The Kier molecular flexibility index (Phi) is 2.83. The highest BCUT2D eigenvalue weighted by Gasteiger charge is 2.15. The Morgan fingerprint density at radius 2 is 2.08 bits per heavy atom. The summed E-state index contributed by atoms with van der Waals surface area (Å²) in [5, 5.41) is 1.07. The third kappa shape index (κ3) is 2.83. The highest BCUT2D eigenvalue weighted by Crippen LogP contribution is 2.42. The molecule has 0 saturated heterocycles. The molecule has 25 heavy (non-hydrogen) atoms. The van der Waals surface area contributed by atoms with Gasteiger partial charge in [-0.3, -0.25) is 4.98 Å². The third-order valence-corrected chi connectivity index (χ3v) is 5.34. The average molecular weight is 355 g/mol. The fourth-order valence-electron chi connectivity index (χ4n) is 3.07. The summed E-state index contributed by atoms with van der Waals surface area (Å²) < 4.78 is 56.1. The molecule has 0 aliphatic heterocycles. The van der Waals surface area contributed by atoms with Crippen LogP contribution < -0.4 is 0 Å². The maximum absolute atomic E-state index is 14.5. The number of nitrogens with zero attached hydrogens (tertiary/aromatic N) is 1. The van der Waals surface area contributed by atoms with E-state index in [2.05, 4.69) is 4.98 Å². The molecule has 2 aromatic carbocycles. The van der Waals surface area contributed by atoms with Crippen LogP contribution in [-0.4, -0.2) is 4.98 Å². The van der Waals surface area contributed by atoms with Gasteiger partial charge in [-0.15, -0.1) is 11.3 Å². The first-order valence-corrected chi connectivity index (χ1v) is 8.94.